The van der Waals surface area contributed by atoms with Crippen LogP contribution >= 0.6 is 0 Å². The van der Waals surface area contributed by atoms with Crippen LogP contribution in [-0.2, 0) is 0 Å². The summed E-state index contributed by atoms with van der Waals surface area (Å²) >= 11 is 0. The predicted octanol–water partition coefficient (Wildman–Crippen LogP) is 3.51. The molecular formula is C16H14N2O3. The maximum atomic E-state index is 9.83. The number of aromatic nitrogens is 2. The zero-order valence-electron chi connectivity index (χ0n) is 11.5. The summed E-state index contributed by atoms with van der Waals surface area (Å²) in [6, 6.07) is 14.3. The molecule has 0 aliphatic heterocycles. The van der Waals surface area contributed by atoms with Crippen molar-refractivity contribution >= 4 is 0 Å². The Morgan fingerprint density at radius 2 is 1.76 bits per heavy atom. The van der Waals surface area contributed by atoms with Gasteiger partial charge in [0.1, 0.15) is 11.5 Å². The van der Waals surface area contributed by atoms with Crippen LogP contribution in [0.2, 0.25) is 0 Å². The van der Waals surface area contributed by atoms with Gasteiger partial charge in [0.15, 0.2) is 0 Å². The number of hydrogen-bond acceptors (Lipinski definition) is 5. The minimum Gasteiger partial charge on any atom is -0.507 e. The van der Waals surface area contributed by atoms with E-state index in [0.29, 0.717) is 23.7 Å². The van der Waals surface area contributed by atoms with Crippen LogP contribution in [0, 0.1) is 0 Å². The molecule has 3 rings (SSSR count). The Morgan fingerprint density at radius 3 is 2.52 bits per heavy atom. The zero-order chi connectivity index (χ0) is 14.7. The lowest BCUT2D eigenvalue weighted by Crippen LogP contribution is -1.94. The van der Waals surface area contributed by atoms with Crippen LogP contribution < -0.4 is 4.74 Å². The van der Waals surface area contributed by atoms with Gasteiger partial charge in [-0.05, 0) is 31.2 Å². The maximum absolute atomic E-state index is 9.83. The van der Waals surface area contributed by atoms with E-state index in [1.807, 2.05) is 31.2 Å². The number of aromatic hydroxyl groups is 1. The fourth-order valence-electron chi connectivity index (χ4n) is 2.03. The number of phenols is 1. The number of phenolic OH excluding ortho intramolecular Hbond substituents is 1. The molecule has 5 nitrogen and oxygen atoms in total. The third-order valence-electron chi connectivity index (χ3n) is 2.99. The van der Waals surface area contributed by atoms with Crippen LogP contribution in [0.15, 0.2) is 53.1 Å². The number of rotatable bonds is 4. The van der Waals surface area contributed by atoms with Gasteiger partial charge in [-0.15, -0.1) is 0 Å². The second-order valence-electron chi connectivity index (χ2n) is 4.37. The third kappa shape index (κ3) is 2.58. The topological polar surface area (TPSA) is 68.4 Å². The quantitative estimate of drug-likeness (QED) is 0.793. The molecule has 0 radical (unpaired) electrons. The molecule has 0 atom stereocenters. The number of benzene rings is 2. The number of hydrogen-bond donors (Lipinski definition) is 1. The van der Waals surface area contributed by atoms with Gasteiger partial charge in [0, 0.05) is 0 Å². The van der Waals surface area contributed by atoms with E-state index in [2.05, 4.69) is 10.1 Å². The molecule has 5 heteroatoms. The van der Waals surface area contributed by atoms with Gasteiger partial charge >= 0.3 is 0 Å². The van der Waals surface area contributed by atoms with Crippen LogP contribution in [-0.4, -0.2) is 21.9 Å². The van der Waals surface area contributed by atoms with Gasteiger partial charge in [-0.1, -0.05) is 29.4 Å². The van der Waals surface area contributed by atoms with Crippen LogP contribution in [0.25, 0.3) is 22.8 Å². The molecule has 0 bridgehead atoms. The molecule has 0 fully saturated rings. The van der Waals surface area contributed by atoms with Gasteiger partial charge in [0.2, 0.25) is 5.82 Å². The average molecular weight is 282 g/mol. The van der Waals surface area contributed by atoms with Gasteiger partial charge < -0.3 is 14.4 Å². The highest BCUT2D eigenvalue weighted by Crippen LogP contribution is 2.32. The predicted molar refractivity (Wildman–Crippen MR) is 78.0 cm³/mol. The first kappa shape index (κ1) is 13.2. The smallest absolute Gasteiger partial charge is 0.262 e. The van der Waals surface area contributed by atoms with Crippen molar-refractivity contribution in [1.29, 1.82) is 0 Å². The Balaban J connectivity index is 2.01. The molecule has 0 aliphatic carbocycles. The minimum atomic E-state index is 0.103. The highest BCUT2D eigenvalue weighted by molar-refractivity contribution is 5.67. The van der Waals surface area contributed by atoms with E-state index >= 15 is 0 Å². The molecular weight excluding hydrogens is 268 g/mol. The summed E-state index contributed by atoms with van der Waals surface area (Å²) in [7, 11) is 0. The summed E-state index contributed by atoms with van der Waals surface area (Å²) < 4.78 is 10.8. The van der Waals surface area contributed by atoms with Crippen molar-refractivity contribution in [2.45, 2.75) is 6.92 Å². The highest BCUT2D eigenvalue weighted by atomic mass is 16.5. The summed E-state index contributed by atoms with van der Waals surface area (Å²) in [5, 5.41) is 13.8. The summed E-state index contributed by atoms with van der Waals surface area (Å²) in [5.41, 5.74) is 1.26. The van der Waals surface area contributed by atoms with Crippen LogP contribution in [0.4, 0.5) is 0 Å². The summed E-state index contributed by atoms with van der Waals surface area (Å²) in [6.07, 6.45) is 0. The Morgan fingerprint density at radius 1 is 1.05 bits per heavy atom. The molecule has 0 amide bonds. The molecule has 2 aromatic carbocycles. The molecule has 1 aromatic heterocycles. The van der Waals surface area contributed by atoms with E-state index in [1.165, 1.54) is 0 Å². The van der Waals surface area contributed by atoms with E-state index in [9.17, 15) is 5.11 Å². The fraction of sp³-hybridized carbons (Fsp3) is 0.125. The minimum absolute atomic E-state index is 0.103. The van der Waals surface area contributed by atoms with E-state index in [-0.39, 0.29) is 11.6 Å². The van der Waals surface area contributed by atoms with Crippen molar-refractivity contribution in [2.24, 2.45) is 0 Å². The van der Waals surface area contributed by atoms with E-state index in [4.69, 9.17) is 9.26 Å². The first-order chi connectivity index (χ1) is 10.3. The molecule has 106 valence electrons. The largest absolute Gasteiger partial charge is 0.507 e. The Bertz CT molecular complexity index is 753. The number of nitrogens with zero attached hydrogens (tertiary/aromatic N) is 2. The molecule has 21 heavy (non-hydrogen) atoms. The molecule has 0 unspecified atom stereocenters. The van der Waals surface area contributed by atoms with Crippen molar-refractivity contribution in [3.63, 3.8) is 0 Å². The van der Waals surface area contributed by atoms with E-state index < -0.39 is 0 Å². The van der Waals surface area contributed by atoms with Crippen LogP contribution in [0.3, 0.4) is 0 Å². The molecule has 1 heterocycles. The molecule has 0 saturated heterocycles. The Kier molecular flexibility index (Phi) is 3.55. The van der Waals surface area contributed by atoms with Crippen LogP contribution in [0.5, 0.6) is 11.5 Å². The van der Waals surface area contributed by atoms with Crippen molar-refractivity contribution in [1.82, 2.24) is 10.1 Å². The van der Waals surface area contributed by atoms with Crippen molar-refractivity contribution < 1.29 is 14.4 Å². The number of para-hydroxylation sites is 2. The second-order valence-corrected chi connectivity index (χ2v) is 4.37. The highest BCUT2D eigenvalue weighted by Gasteiger charge is 2.16. The van der Waals surface area contributed by atoms with Gasteiger partial charge in [-0.2, -0.15) is 4.98 Å². The molecule has 3 aromatic rings. The lowest BCUT2D eigenvalue weighted by atomic mass is 10.2. The fourth-order valence-corrected chi connectivity index (χ4v) is 2.03. The van der Waals surface area contributed by atoms with Crippen LogP contribution in [0.1, 0.15) is 6.92 Å². The first-order valence-corrected chi connectivity index (χ1v) is 6.64. The third-order valence-corrected chi connectivity index (χ3v) is 2.99. The van der Waals surface area contributed by atoms with Crippen molar-refractivity contribution in [3.8, 4) is 34.3 Å². The van der Waals surface area contributed by atoms with Gasteiger partial charge in [-0.3, -0.25) is 0 Å². The summed E-state index contributed by atoms with van der Waals surface area (Å²) in [6.45, 7) is 2.47. The lowest BCUT2D eigenvalue weighted by Gasteiger charge is -2.06. The van der Waals surface area contributed by atoms with Crippen molar-refractivity contribution in [2.75, 3.05) is 6.61 Å². The van der Waals surface area contributed by atoms with E-state index in [0.717, 1.165) is 5.56 Å². The zero-order valence-corrected chi connectivity index (χ0v) is 11.5. The molecule has 0 saturated carbocycles. The number of ether oxygens (including phenoxy) is 1. The monoisotopic (exact) mass is 282 g/mol. The maximum Gasteiger partial charge on any atom is 0.262 e. The molecule has 0 spiro atoms. The normalized spacial score (nSPS) is 10.5. The van der Waals surface area contributed by atoms with E-state index in [1.54, 1.807) is 24.3 Å². The average Bonchev–Trinajstić information content (AvgIpc) is 2.98. The standard InChI is InChI=1S/C16H14N2O3/c1-2-20-14-10-6-4-8-12(14)15-17-16(21-18-15)11-7-3-5-9-13(11)19/h3-10,19H,2H2,1H3. The second kappa shape index (κ2) is 5.66. The SMILES string of the molecule is CCOc1ccccc1-c1noc(-c2ccccc2O)n1. The van der Waals surface area contributed by atoms with Crippen molar-refractivity contribution in [3.05, 3.63) is 48.5 Å². The molecule has 1 N–H and O–H groups in total. The van der Waals surface area contributed by atoms with Gasteiger partial charge in [0.25, 0.3) is 5.89 Å². The summed E-state index contributed by atoms with van der Waals surface area (Å²) in [5.74, 6) is 1.50. The Labute approximate surface area is 121 Å². The molecule has 0 aliphatic rings. The van der Waals surface area contributed by atoms with Gasteiger partial charge in [-0.25, -0.2) is 0 Å². The Hall–Kier alpha value is -2.82. The first-order valence-electron chi connectivity index (χ1n) is 6.64. The summed E-state index contributed by atoms with van der Waals surface area (Å²) in [4.78, 5) is 4.34. The lowest BCUT2D eigenvalue weighted by molar-refractivity contribution is 0.341. The van der Waals surface area contributed by atoms with Gasteiger partial charge in [0.05, 0.1) is 17.7 Å².